The lowest BCUT2D eigenvalue weighted by atomic mass is 10.2. The Morgan fingerprint density at radius 2 is 2.12 bits per heavy atom. The first-order valence-corrected chi connectivity index (χ1v) is 6.38. The number of para-hydroxylation sites is 1. The lowest BCUT2D eigenvalue weighted by molar-refractivity contribution is 0.182. The average Bonchev–Trinajstić information content (AvgIpc) is 2.79. The summed E-state index contributed by atoms with van der Waals surface area (Å²) in [5.74, 6) is 0.883. The third kappa shape index (κ3) is 2.84. The zero-order valence-corrected chi connectivity index (χ0v) is 10.8. The van der Waals surface area contributed by atoms with Gasteiger partial charge < -0.3 is 9.47 Å². The van der Waals surface area contributed by atoms with E-state index in [1.165, 1.54) is 0 Å². The van der Waals surface area contributed by atoms with Gasteiger partial charge in [0.15, 0.2) is 0 Å². The van der Waals surface area contributed by atoms with Crippen LogP contribution < -0.4 is 4.74 Å². The van der Waals surface area contributed by atoms with Gasteiger partial charge in [-0.1, -0.05) is 12.1 Å². The Labute approximate surface area is 105 Å². The number of hydrogen-bond donors (Lipinski definition) is 0. The second-order valence-corrected chi connectivity index (χ2v) is 4.36. The van der Waals surface area contributed by atoms with E-state index >= 15 is 0 Å². The molecule has 90 valence electrons. The van der Waals surface area contributed by atoms with Crippen LogP contribution in [0.3, 0.4) is 0 Å². The van der Waals surface area contributed by atoms with Gasteiger partial charge in [0.2, 0.25) is 0 Å². The Morgan fingerprint density at radius 3 is 2.88 bits per heavy atom. The molecule has 1 aromatic heterocycles. The molecule has 3 nitrogen and oxygen atoms in total. The quantitative estimate of drug-likeness (QED) is 0.814. The fourth-order valence-corrected chi connectivity index (χ4v) is 2.40. The van der Waals surface area contributed by atoms with Gasteiger partial charge >= 0.3 is 0 Å². The Balaban J connectivity index is 2.31. The molecule has 0 aliphatic carbocycles. The molecule has 0 radical (unpaired) electrons. The number of ether oxygens (including phenoxy) is 2. The number of hydrogen-bond acceptors (Lipinski definition) is 4. The molecule has 0 spiro atoms. The summed E-state index contributed by atoms with van der Waals surface area (Å²) in [5.41, 5.74) is 2.00. The summed E-state index contributed by atoms with van der Waals surface area (Å²) in [7, 11) is 1.67. The van der Waals surface area contributed by atoms with Crippen LogP contribution in [0, 0.1) is 0 Å². The summed E-state index contributed by atoms with van der Waals surface area (Å²) >= 11 is 1.61. The highest BCUT2D eigenvalue weighted by atomic mass is 32.1. The van der Waals surface area contributed by atoms with Crippen molar-refractivity contribution < 1.29 is 9.47 Å². The monoisotopic (exact) mass is 249 g/mol. The van der Waals surface area contributed by atoms with Crippen LogP contribution >= 0.6 is 11.3 Å². The highest BCUT2D eigenvalue weighted by Gasteiger charge is 2.09. The molecule has 0 aliphatic rings. The molecular weight excluding hydrogens is 234 g/mol. The maximum atomic E-state index is 5.60. The van der Waals surface area contributed by atoms with Crippen LogP contribution in [0.25, 0.3) is 10.6 Å². The van der Waals surface area contributed by atoms with E-state index in [1.807, 2.05) is 36.6 Å². The first-order valence-electron chi connectivity index (χ1n) is 5.50. The van der Waals surface area contributed by atoms with Crippen molar-refractivity contribution >= 4 is 11.3 Å². The summed E-state index contributed by atoms with van der Waals surface area (Å²) in [4.78, 5) is 4.53. The molecule has 0 aliphatic heterocycles. The van der Waals surface area contributed by atoms with Crippen LogP contribution in [0.2, 0.25) is 0 Å². The van der Waals surface area contributed by atoms with Crippen molar-refractivity contribution in [3.05, 3.63) is 35.3 Å². The lowest BCUT2D eigenvalue weighted by Gasteiger charge is -2.07. The lowest BCUT2D eigenvalue weighted by Crippen LogP contribution is -1.94. The van der Waals surface area contributed by atoms with E-state index in [-0.39, 0.29) is 0 Å². The molecule has 4 heteroatoms. The van der Waals surface area contributed by atoms with Gasteiger partial charge in [-0.25, -0.2) is 4.98 Å². The van der Waals surface area contributed by atoms with E-state index in [4.69, 9.17) is 9.47 Å². The van der Waals surface area contributed by atoms with Crippen LogP contribution in [0.4, 0.5) is 0 Å². The summed E-state index contributed by atoms with van der Waals surface area (Å²) in [6.07, 6.45) is 0. The molecule has 0 fully saturated rings. The van der Waals surface area contributed by atoms with Crippen molar-refractivity contribution in [1.82, 2.24) is 4.98 Å². The van der Waals surface area contributed by atoms with Gasteiger partial charge in [0, 0.05) is 12.5 Å². The molecule has 0 amide bonds. The number of rotatable bonds is 5. The van der Waals surface area contributed by atoms with Gasteiger partial charge in [-0.05, 0) is 19.1 Å². The molecule has 0 bridgehead atoms. The number of nitrogens with zero attached hydrogens (tertiary/aromatic N) is 1. The maximum Gasteiger partial charge on any atom is 0.129 e. The molecule has 17 heavy (non-hydrogen) atoms. The fraction of sp³-hybridized carbons (Fsp3) is 0.308. The zero-order valence-electron chi connectivity index (χ0n) is 9.97. The number of benzene rings is 1. The average molecular weight is 249 g/mol. The molecule has 1 heterocycles. The van der Waals surface area contributed by atoms with Gasteiger partial charge in [0.25, 0.3) is 0 Å². The van der Waals surface area contributed by atoms with Gasteiger partial charge in [0.1, 0.15) is 10.8 Å². The van der Waals surface area contributed by atoms with E-state index in [0.717, 1.165) is 22.0 Å². The number of aromatic nitrogens is 1. The maximum absolute atomic E-state index is 5.60. The molecule has 0 atom stereocenters. The topological polar surface area (TPSA) is 31.4 Å². The Morgan fingerprint density at radius 1 is 1.29 bits per heavy atom. The van der Waals surface area contributed by atoms with Gasteiger partial charge in [0.05, 0.1) is 24.5 Å². The minimum absolute atomic E-state index is 0.549. The van der Waals surface area contributed by atoms with E-state index in [1.54, 1.807) is 18.4 Å². The molecule has 0 unspecified atom stereocenters. The van der Waals surface area contributed by atoms with Gasteiger partial charge in [-0.3, -0.25) is 0 Å². The molecule has 0 saturated carbocycles. The molecule has 2 aromatic rings. The van der Waals surface area contributed by atoms with Crippen molar-refractivity contribution in [3.63, 3.8) is 0 Å². The van der Waals surface area contributed by atoms with Gasteiger partial charge in [-0.15, -0.1) is 11.3 Å². The van der Waals surface area contributed by atoms with Crippen molar-refractivity contribution in [2.45, 2.75) is 13.5 Å². The zero-order chi connectivity index (χ0) is 12.1. The minimum atomic E-state index is 0.549. The smallest absolute Gasteiger partial charge is 0.129 e. The first-order chi connectivity index (χ1) is 8.35. The molecule has 0 saturated heterocycles. The summed E-state index contributed by atoms with van der Waals surface area (Å²) in [6, 6.07) is 7.96. The van der Waals surface area contributed by atoms with Crippen LogP contribution in [0.15, 0.2) is 29.6 Å². The molecule has 2 rings (SSSR count). The normalized spacial score (nSPS) is 10.5. The number of thiazole rings is 1. The molecule has 0 N–H and O–H groups in total. The predicted octanol–water partition coefficient (Wildman–Crippen LogP) is 3.36. The third-order valence-corrected chi connectivity index (χ3v) is 3.19. The highest BCUT2D eigenvalue weighted by molar-refractivity contribution is 7.13. The Kier molecular flexibility index (Phi) is 4.12. The Bertz CT molecular complexity index is 482. The van der Waals surface area contributed by atoms with Crippen LogP contribution in [0.1, 0.15) is 12.6 Å². The highest BCUT2D eigenvalue weighted by Crippen LogP contribution is 2.32. The van der Waals surface area contributed by atoms with Crippen molar-refractivity contribution in [3.8, 4) is 16.3 Å². The minimum Gasteiger partial charge on any atom is -0.493 e. The van der Waals surface area contributed by atoms with E-state index in [2.05, 4.69) is 4.98 Å². The van der Waals surface area contributed by atoms with E-state index in [9.17, 15) is 0 Å². The standard InChI is InChI=1S/C13H15NO2S/c1-3-16-12-7-5-4-6-11(12)13-14-10(8-15-2)9-17-13/h4-7,9H,3,8H2,1-2H3. The van der Waals surface area contributed by atoms with Crippen LogP contribution in [0.5, 0.6) is 5.75 Å². The second kappa shape index (κ2) is 5.80. The van der Waals surface area contributed by atoms with Crippen molar-refractivity contribution in [2.24, 2.45) is 0 Å². The summed E-state index contributed by atoms with van der Waals surface area (Å²) in [5, 5.41) is 2.99. The van der Waals surface area contributed by atoms with Crippen LogP contribution in [-0.4, -0.2) is 18.7 Å². The predicted molar refractivity (Wildman–Crippen MR) is 69.4 cm³/mol. The van der Waals surface area contributed by atoms with E-state index < -0.39 is 0 Å². The first kappa shape index (κ1) is 12.1. The number of methoxy groups -OCH3 is 1. The third-order valence-electron chi connectivity index (χ3n) is 2.26. The van der Waals surface area contributed by atoms with Gasteiger partial charge in [-0.2, -0.15) is 0 Å². The SMILES string of the molecule is CCOc1ccccc1-c1nc(COC)cs1. The van der Waals surface area contributed by atoms with Crippen LogP contribution in [-0.2, 0) is 11.3 Å². The second-order valence-electron chi connectivity index (χ2n) is 3.51. The Hall–Kier alpha value is -1.39. The van der Waals surface area contributed by atoms with Crippen molar-refractivity contribution in [1.29, 1.82) is 0 Å². The summed E-state index contributed by atoms with van der Waals surface area (Å²) in [6.45, 7) is 3.19. The fourth-order valence-electron chi connectivity index (χ4n) is 1.57. The largest absolute Gasteiger partial charge is 0.493 e. The molecule has 1 aromatic carbocycles. The molecular formula is C13H15NO2S. The van der Waals surface area contributed by atoms with E-state index in [0.29, 0.717) is 13.2 Å². The van der Waals surface area contributed by atoms with Crippen molar-refractivity contribution in [2.75, 3.05) is 13.7 Å². The summed E-state index contributed by atoms with van der Waals surface area (Å²) < 4.78 is 10.7.